The van der Waals surface area contributed by atoms with Crippen molar-refractivity contribution in [2.24, 2.45) is 5.10 Å². The van der Waals surface area contributed by atoms with Crippen molar-refractivity contribution < 1.29 is 0 Å². The Morgan fingerprint density at radius 1 is 1.00 bits per heavy atom. The molecule has 0 N–H and O–H groups in total. The van der Waals surface area contributed by atoms with E-state index in [2.05, 4.69) is 16.2 Å². The molecule has 0 fully saturated rings. The van der Waals surface area contributed by atoms with Gasteiger partial charge in [-0.25, -0.2) is 15.0 Å². The average Bonchev–Trinajstić information content (AvgIpc) is 3.20. The molecule has 7 nitrogen and oxygen atoms in total. The van der Waals surface area contributed by atoms with E-state index in [1.807, 2.05) is 36.4 Å². The Hall–Kier alpha value is -3.84. The van der Waals surface area contributed by atoms with Gasteiger partial charge in [-0.2, -0.15) is 9.78 Å². The Morgan fingerprint density at radius 3 is 2.57 bits per heavy atom. The average molecular weight is 483 g/mol. The molecule has 6 rings (SSSR count). The molecule has 1 aliphatic rings. The summed E-state index contributed by atoms with van der Waals surface area (Å²) in [6, 6.07) is 15.0. The molecule has 35 heavy (non-hydrogen) atoms. The zero-order chi connectivity index (χ0) is 23.8. The van der Waals surface area contributed by atoms with Gasteiger partial charge >= 0.3 is 0 Å². The van der Waals surface area contributed by atoms with E-state index < -0.39 is 0 Å². The predicted octanol–water partition coefficient (Wildman–Crippen LogP) is 5.72. The topological polar surface area (TPSA) is 78.0 Å². The molecular formula is C27H23ClN6O. The van der Waals surface area contributed by atoms with Crippen LogP contribution in [0.5, 0.6) is 0 Å². The van der Waals surface area contributed by atoms with Crippen LogP contribution in [-0.4, -0.2) is 30.4 Å². The maximum Gasteiger partial charge on any atom is 0.265 e. The van der Waals surface area contributed by atoms with Crippen molar-refractivity contribution >= 4 is 51.0 Å². The smallest absolute Gasteiger partial charge is 0.265 e. The van der Waals surface area contributed by atoms with Gasteiger partial charge in [-0.05, 0) is 61.9 Å². The summed E-state index contributed by atoms with van der Waals surface area (Å²) < 4.78 is 3.29. The second kappa shape index (κ2) is 9.07. The highest BCUT2D eigenvalue weighted by atomic mass is 35.5. The van der Waals surface area contributed by atoms with Gasteiger partial charge < -0.3 is 0 Å². The van der Waals surface area contributed by atoms with Gasteiger partial charge in [0.05, 0.1) is 23.6 Å². The molecule has 174 valence electrons. The van der Waals surface area contributed by atoms with Crippen LogP contribution < -0.4 is 5.56 Å². The number of halogens is 1. The van der Waals surface area contributed by atoms with Gasteiger partial charge in [-0.1, -0.05) is 47.5 Å². The summed E-state index contributed by atoms with van der Waals surface area (Å²) >= 11 is 6.01. The normalized spacial score (nSPS) is 14.4. The number of para-hydroxylation sites is 2. The number of benzene rings is 2. The molecule has 8 heteroatoms. The summed E-state index contributed by atoms with van der Waals surface area (Å²) in [6.07, 6.45) is 11.2. The van der Waals surface area contributed by atoms with E-state index in [9.17, 15) is 4.79 Å². The third-order valence-electron chi connectivity index (χ3n) is 6.46. The minimum Gasteiger partial charge on any atom is -0.298 e. The number of nitrogens with zero attached hydrogens (tertiary/aromatic N) is 6. The third-order valence-corrected chi connectivity index (χ3v) is 6.71. The van der Waals surface area contributed by atoms with Gasteiger partial charge in [0, 0.05) is 11.6 Å². The Balaban J connectivity index is 1.51. The zero-order valence-electron chi connectivity index (χ0n) is 19.1. The fraction of sp³-hybridized carbons (Fsp3) is 0.222. The molecular weight excluding hydrogens is 460 g/mol. The Kier molecular flexibility index (Phi) is 5.62. The van der Waals surface area contributed by atoms with E-state index in [1.165, 1.54) is 18.4 Å². The number of fused-ring (bicyclic) bond motifs is 4. The lowest BCUT2D eigenvalue weighted by atomic mass is 9.97. The van der Waals surface area contributed by atoms with Crippen molar-refractivity contribution in [1.29, 1.82) is 0 Å². The second-order valence-electron chi connectivity index (χ2n) is 8.79. The maximum absolute atomic E-state index is 13.6. The van der Waals surface area contributed by atoms with Crippen LogP contribution in [0.1, 0.15) is 37.7 Å². The maximum atomic E-state index is 13.6. The van der Waals surface area contributed by atoms with E-state index in [4.69, 9.17) is 21.6 Å². The standard InChI is InChI=1S/C27H23ClN6O/c28-20-12-10-19(11-13-20)16-30-34-25-23(24-26(34)32-22-9-5-4-8-21(22)31-24)27(35)33(17-29-25)15-14-18-6-2-1-3-7-18/h4-6,8-13,16-17H,1-3,7,14-15H2/b30-16-. The number of allylic oxidation sites excluding steroid dienone is 2. The first-order valence-corrected chi connectivity index (χ1v) is 12.2. The number of hydrogen-bond acceptors (Lipinski definition) is 5. The van der Waals surface area contributed by atoms with Crippen LogP contribution in [0.4, 0.5) is 0 Å². The molecule has 0 saturated carbocycles. The van der Waals surface area contributed by atoms with Crippen molar-refractivity contribution in [3.05, 3.63) is 87.4 Å². The highest BCUT2D eigenvalue weighted by molar-refractivity contribution is 6.30. The summed E-state index contributed by atoms with van der Waals surface area (Å²) in [6.45, 7) is 0.593. The van der Waals surface area contributed by atoms with Gasteiger partial charge in [-0.15, -0.1) is 0 Å². The van der Waals surface area contributed by atoms with Crippen molar-refractivity contribution in [3.8, 4) is 0 Å². The molecule has 0 unspecified atom stereocenters. The van der Waals surface area contributed by atoms with Crippen LogP contribution in [0.2, 0.25) is 5.02 Å². The molecule has 1 aliphatic carbocycles. The van der Waals surface area contributed by atoms with E-state index in [1.54, 1.807) is 33.9 Å². The zero-order valence-corrected chi connectivity index (χ0v) is 19.8. The van der Waals surface area contributed by atoms with Crippen molar-refractivity contribution in [1.82, 2.24) is 24.2 Å². The molecule has 0 saturated heterocycles. The molecule has 0 aliphatic heterocycles. The fourth-order valence-corrected chi connectivity index (χ4v) is 4.72. The van der Waals surface area contributed by atoms with Crippen LogP contribution in [0, 0.1) is 0 Å². The highest BCUT2D eigenvalue weighted by Crippen LogP contribution is 2.25. The van der Waals surface area contributed by atoms with Crippen LogP contribution >= 0.6 is 11.6 Å². The molecule has 3 heterocycles. The van der Waals surface area contributed by atoms with Crippen molar-refractivity contribution in [2.75, 3.05) is 0 Å². The summed E-state index contributed by atoms with van der Waals surface area (Å²) in [7, 11) is 0. The SMILES string of the molecule is O=c1c2c3nc4ccccc4nc3n(/N=C\c3ccc(Cl)cc3)c2ncn1CCC1=CCCCC1. The van der Waals surface area contributed by atoms with Gasteiger partial charge in [0.2, 0.25) is 0 Å². The molecule has 5 aromatic rings. The third kappa shape index (κ3) is 4.12. The molecule has 0 atom stereocenters. The fourth-order valence-electron chi connectivity index (χ4n) is 4.59. The second-order valence-corrected chi connectivity index (χ2v) is 9.23. The first kappa shape index (κ1) is 21.7. The summed E-state index contributed by atoms with van der Waals surface area (Å²) in [5.41, 5.74) is 5.08. The van der Waals surface area contributed by atoms with E-state index in [0.29, 0.717) is 33.8 Å². The molecule has 2 aromatic carbocycles. The number of hydrogen-bond donors (Lipinski definition) is 0. The van der Waals surface area contributed by atoms with Gasteiger partial charge in [0.1, 0.15) is 10.9 Å². The summed E-state index contributed by atoms with van der Waals surface area (Å²) in [4.78, 5) is 27.9. The molecule has 0 spiro atoms. The largest absolute Gasteiger partial charge is 0.298 e. The lowest BCUT2D eigenvalue weighted by Gasteiger charge is -2.13. The Labute approximate surface area is 206 Å². The highest BCUT2D eigenvalue weighted by Gasteiger charge is 2.20. The first-order valence-electron chi connectivity index (χ1n) is 11.8. The van der Waals surface area contributed by atoms with E-state index >= 15 is 0 Å². The molecule has 3 aromatic heterocycles. The molecule has 0 bridgehead atoms. The predicted molar refractivity (Wildman–Crippen MR) is 140 cm³/mol. The van der Waals surface area contributed by atoms with E-state index in [-0.39, 0.29) is 5.56 Å². The number of aryl methyl sites for hydroxylation is 1. The van der Waals surface area contributed by atoms with Gasteiger partial charge in [0.15, 0.2) is 11.3 Å². The van der Waals surface area contributed by atoms with Crippen LogP contribution in [-0.2, 0) is 6.54 Å². The molecule has 0 amide bonds. The van der Waals surface area contributed by atoms with Gasteiger partial charge in [0.25, 0.3) is 5.56 Å². The lowest BCUT2D eigenvalue weighted by molar-refractivity contribution is 0.610. The monoisotopic (exact) mass is 482 g/mol. The minimum atomic E-state index is -0.124. The minimum absolute atomic E-state index is 0.124. The Morgan fingerprint density at radius 2 is 1.80 bits per heavy atom. The number of rotatable bonds is 5. The van der Waals surface area contributed by atoms with Crippen LogP contribution in [0.15, 0.2) is 76.4 Å². The van der Waals surface area contributed by atoms with Crippen molar-refractivity contribution in [3.63, 3.8) is 0 Å². The first-order chi connectivity index (χ1) is 17.2. The van der Waals surface area contributed by atoms with Crippen LogP contribution in [0.25, 0.3) is 33.2 Å². The van der Waals surface area contributed by atoms with Crippen molar-refractivity contribution in [2.45, 2.75) is 38.6 Å². The summed E-state index contributed by atoms with van der Waals surface area (Å²) in [5, 5.41) is 5.74. The van der Waals surface area contributed by atoms with E-state index in [0.717, 1.165) is 35.9 Å². The van der Waals surface area contributed by atoms with Crippen LogP contribution in [0.3, 0.4) is 0 Å². The lowest BCUT2D eigenvalue weighted by Crippen LogP contribution is -2.21. The summed E-state index contributed by atoms with van der Waals surface area (Å²) in [5.74, 6) is 0. The number of aromatic nitrogens is 5. The van der Waals surface area contributed by atoms with Gasteiger partial charge in [-0.3, -0.25) is 9.36 Å². The Bertz CT molecular complexity index is 1680. The quantitative estimate of drug-likeness (QED) is 0.237. The molecule has 0 radical (unpaired) electrons.